The second-order valence-corrected chi connectivity index (χ2v) is 5.15. The fraction of sp³-hybridized carbons (Fsp3) is 0.667. The average molecular weight is 281 g/mol. The van der Waals surface area contributed by atoms with Crippen molar-refractivity contribution in [2.75, 3.05) is 19.6 Å². The van der Waals surface area contributed by atoms with Crippen LogP contribution in [-0.2, 0) is 0 Å². The molecule has 1 fully saturated rings. The van der Waals surface area contributed by atoms with Gasteiger partial charge in [-0.15, -0.1) is 5.10 Å². The van der Waals surface area contributed by atoms with E-state index in [2.05, 4.69) is 29.5 Å². The van der Waals surface area contributed by atoms with Gasteiger partial charge in [-0.1, -0.05) is 25.5 Å². The molecule has 0 radical (unpaired) electrons. The molecule has 1 saturated heterocycles. The molecule has 0 spiro atoms. The first-order valence-corrected chi connectivity index (χ1v) is 6.69. The Hall–Kier alpha value is -2.12. The number of amides is 2. The van der Waals surface area contributed by atoms with Crippen LogP contribution in [0, 0.1) is 5.92 Å². The summed E-state index contributed by atoms with van der Waals surface area (Å²) in [5.41, 5.74) is -0.0790. The van der Waals surface area contributed by atoms with E-state index in [0.717, 1.165) is 6.42 Å². The molecular weight excluding hydrogens is 262 g/mol. The lowest BCUT2D eigenvalue weighted by Crippen LogP contribution is -2.54. The van der Waals surface area contributed by atoms with Crippen molar-refractivity contribution in [3.05, 3.63) is 11.9 Å². The maximum Gasteiger partial charge on any atom is 0.358 e. The maximum atomic E-state index is 11.8. The highest BCUT2D eigenvalue weighted by Gasteiger charge is 2.33. The molecule has 0 saturated carbocycles. The molecule has 110 valence electrons. The number of nitrogens with one attached hydrogen (secondary N) is 1. The van der Waals surface area contributed by atoms with Crippen LogP contribution in [0.15, 0.2) is 6.20 Å². The molecule has 2 rings (SSSR count). The van der Waals surface area contributed by atoms with Crippen LogP contribution < -0.4 is 5.32 Å². The van der Waals surface area contributed by atoms with Crippen LogP contribution in [0.3, 0.4) is 0 Å². The number of likely N-dealkylation sites (tertiary alicyclic amines) is 1. The molecule has 0 aromatic carbocycles. The van der Waals surface area contributed by atoms with Gasteiger partial charge in [-0.25, -0.2) is 14.3 Å². The number of carbonyl (C=O) groups is 2. The van der Waals surface area contributed by atoms with Gasteiger partial charge in [-0.05, 0) is 5.92 Å². The highest BCUT2D eigenvalue weighted by molar-refractivity contribution is 5.84. The van der Waals surface area contributed by atoms with Gasteiger partial charge in [0.15, 0.2) is 5.69 Å². The minimum Gasteiger partial charge on any atom is -0.476 e. The van der Waals surface area contributed by atoms with Gasteiger partial charge in [0.1, 0.15) is 0 Å². The zero-order chi connectivity index (χ0) is 14.7. The van der Waals surface area contributed by atoms with Crippen molar-refractivity contribution in [2.24, 2.45) is 5.92 Å². The summed E-state index contributed by atoms with van der Waals surface area (Å²) < 4.78 is 1.50. The predicted octanol–water partition coefficient (Wildman–Crippen LogP) is 0.589. The molecule has 2 N–H and O–H groups in total. The van der Waals surface area contributed by atoms with Crippen molar-refractivity contribution in [1.82, 2.24) is 25.2 Å². The molecule has 2 amide bonds. The van der Waals surface area contributed by atoms with E-state index in [9.17, 15) is 9.59 Å². The monoisotopic (exact) mass is 281 g/mol. The third-order valence-corrected chi connectivity index (χ3v) is 3.55. The minimum absolute atomic E-state index is 0.00458. The van der Waals surface area contributed by atoms with Gasteiger partial charge in [0.05, 0.1) is 12.2 Å². The number of hydrogen-bond donors (Lipinski definition) is 2. The summed E-state index contributed by atoms with van der Waals surface area (Å²) in [4.78, 5) is 24.2. The molecule has 0 aliphatic carbocycles. The zero-order valence-corrected chi connectivity index (χ0v) is 11.6. The zero-order valence-electron chi connectivity index (χ0n) is 11.6. The summed E-state index contributed by atoms with van der Waals surface area (Å²) in [6.07, 6.45) is 2.42. The van der Waals surface area contributed by atoms with Crippen molar-refractivity contribution in [1.29, 1.82) is 0 Å². The molecule has 1 unspecified atom stereocenters. The third-order valence-electron chi connectivity index (χ3n) is 3.55. The third kappa shape index (κ3) is 3.06. The Morgan fingerprint density at radius 1 is 1.55 bits per heavy atom. The molecule has 8 nitrogen and oxygen atoms in total. The molecule has 1 aromatic heterocycles. The second-order valence-electron chi connectivity index (χ2n) is 5.15. The fourth-order valence-electron chi connectivity index (χ4n) is 1.86. The number of carboxylic acid groups (broad SMARTS) is 1. The molecule has 0 bridgehead atoms. The van der Waals surface area contributed by atoms with Crippen LogP contribution in [0.2, 0.25) is 0 Å². The number of carboxylic acids is 1. The Morgan fingerprint density at radius 2 is 2.25 bits per heavy atom. The molecule has 1 aliphatic rings. The van der Waals surface area contributed by atoms with Gasteiger partial charge in [0.25, 0.3) is 0 Å². The van der Waals surface area contributed by atoms with Crippen molar-refractivity contribution < 1.29 is 14.7 Å². The summed E-state index contributed by atoms with van der Waals surface area (Å²) in [6, 6.07) is -0.0786. The van der Waals surface area contributed by atoms with E-state index < -0.39 is 5.97 Å². The molecule has 1 aliphatic heterocycles. The summed E-state index contributed by atoms with van der Waals surface area (Å²) >= 11 is 0. The van der Waals surface area contributed by atoms with E-state index in [1.54, 1.807) is 4.90 Å². The Kier molecular flexibility index (Phi) is 4.21. The van der Waals surface area contributed by atoms with Crippen LogP contribution in [-0.4, -0.2) is 56.6 Å². The molecule has 2 heterocycles. The second kappa shape index (κ2) is 5.89. The van der Waals surface area contributed by atoms with E-state index >= 15 is 0 Å². The van der Waals surface area contributed by atoms with Gasteiger partial charge >= 0.3 is 12.0 Å². The van der Waals surface area contributed by atoms with Crippen molar-refractivity contribution in [2.45, 2.75) is 26.3 Å². The Bertz CT molecular complexity index is 495. The number of aromatic nitrogens is 3. The number of urea groups is 1. The van der Waals surface area contributed by atoms with Gasteiger partial charge in [0.2, 0.25) is 0 Å². The number of aromatic carboxylic acids is 1. The van der Waals surface area contributed by atoms with E-state index in [1.807, 2.05) is 0 Å². The smallest absolute Gasteiger partial charge is 0.358 e. The van der Waals surface area contributed by atoms with Crippen molar-refractivity contribution >= 4 is 12.0 Å². The number of rotatable bonds is 5. The quantitative estimate of drug-likeness (QED) is 0.822. The first-order valence-electron chi connectivity index (χ1n) is 6.69. The number of nitrogens with zero attached hydrogens (tertiary/aromatic N) is 4. The number of hydrogen-bond acceptors (Lipinski definition) is 4. The van der Waals surface area contributed by atoms with Crippen LogP contribution in [0.1, 0.15) is 36.8 Å². The van der Waals surface area contributed by atoms with Crippen LogP contribution in [0.4, 0.5) is 4.79 Å². The van der Waals surface area contributed by atoms with E-state index in [4.69, 9.17) is 5.11 Å². The summed E-state index contributed by atoms with van der Waals surface area (Å²) in [7, 11) is 0. The summed E-state index contributed by atoms with van der Waals surface area (Å²) in [5, 5.41) is 19.0. The average Bonchev–Trinajstić information content (AvgIpc) is 2.83. The standard InChI is InChI=1S/C12H19N5O3/c1-3-8(2)4-13-12(20)16-5-9(6-16)17-7-10(11(18)19)14-15-17/h7-9H,3-6H2,1-2H3,(H,13,20)(H,18,19). The number of carbonyl (C=O) groups excluding carboxylic acids is 1. The predicted molar refractivity (Wildman–Crippen MR) is 70.4 cm³/mol. The Morgan fingerprint density at radius 3 is 2.80 bits per heavy atom. The minimum atomic E-state index is -1.10. The topological polar surface area (TPSA) is 100 Å². The van der Waals surface area contributed by atoms with Gasteiger partial charge in [0, 0.05) is 19.6 Å². The molecular formula is C12H19N5O3. The van der Waals surface area contributed by atoms with E-state index in [0.29, 0.717) is 25.6 Å². The lowest BCUT2D eigenvalue weighted by atomic mass is 10.1. The SMILES string of the molecule is CCC(C)CNC(=O)N1CC(n2cc(C(=O)O)nn2)C1. The summed E-state index contributed by atoms with van der Waals surface area (Å²) in [5.74, 6) is -0.636. The Balaban J connectivity index is 1.78. The first-order chi connectivity index (χ1) is 9.51. The van der Waals surface area contributed by atoms with E-state index in [1.165, 1.54) is 10.9 Å². The lowest BCUT2D eigenvalue weighted by Gasteiger charge is -2.38. The molecule has 1 atom stereocenters. The fourth-order valence-corrected chi connectivity index (χ4v) is 1.86. The highest BCUT2D eigenvalue weighted by Crippen LogP contribution is 2.20. The van der Waals surface area contributed by atoms with Crippen molar-refractivity contribution in [3.63, 3.8) is 0 Å². The largest absolute Gasteiger partial charge is 0.476 e. The van der Waals surface area contributed by atoms with Gasteiger partial charge < -0.3 is 15.3 Å². The Labute approximate surface area is 116 Å². The normalized spacial score (nSPS) is 16.6. The molecule has 20 heavy (non-hydrogen) atoms. The van der Waals surface area contributed by atoms with Crippen LogP contribution in [0.5, 0.6) is 0 Å². The maximum absolute atomic E-state index is 11.8. The van der Waals surface area contributed by atoms with E-state index in [-0.39, 0.29) is 17.8 Å². The first kappa shape index (κ1) is 14.3. The van der Waals surface area contributed by atoms with Gasteiger partial charge in [-0.3, -0.25) is 0 Å². The molecule has 8 heteroatoms. The van der Waals surface area contributed by atoms with Gasteiger partial charge in [-0.2, -0.15) is 0 Å². The highest BCUT2D eigenvalue weighted by atomic mass is 16.4. The van der Waals surface area contributed by atoms with Crippen LogP contribution >= 0.6 is 0 Å². The van der Waals surface area contributed by atoms with Crippen LogP contribution in [0.25, 0.3) is 0 Å². The summed E-state index contributed by atoms with van der Waals surface area (Å²) in [6.45, 7) is 5.88. The van der Waals surface area contributed by atoms with Crippen molar-refractivity contribution in [3.8, 4) is 0 Å². The molecule has 1 aromatic rings. The lowest BCUT2D eigenvalue weighted by molar-refractivity contribution is 0.0690.